The van der Waals surface area contributed by atoms with Crippen molar-refractivity contribution in [2.45, 2.75) is 19.3 Å². The summed E-state index contributed by atoms with van der Waals surface area (Å²) in [5.41, 5.74) is 0. The number of aromatic nitrogens is 2. The zero-order valence-electron chi connectivity index (χ0n) is 11.5. The number of nitrogens with one attached hydrogen (secondary N) is 2. The third-order valence-corrected chi connectivity index (χ3v) is 4.81. The van der Waals surface area contributed by atoms with E-state index in [0.29, 0.717) is 38.9 Å². The Morgan fingerprint density at radius 1 is 1.50 bits per heavy atom. The van der Waals surface area contributed by atoms with Gasteiger partial charge in [-0.2, -0.15) is 0 Å². The molecule has 2 heterocycles. The van der Waals surface area contributed by atoms with Crippen LogP contribution in [0.3, 0.4) is 0 Å². The normalized spacial score (nSPS) is 18.1. The Morgan fingerprint density at radius 3 is 2.75 bits per heavy atom. The molecule has 1 aromatic heterocycles. The van der Waals surface area contributed by atoms with Gasteiger partial charge in [-0.05, 0) is 12.8 Å². The van der Waals surface area contributed by atoms with Crippen molar-refractivity contribution in [1.82, 2.24) is 19.6 Å². The number of aromatic amines is 1. The van der Waals surface area contributed by atoms with Crippen LogP contribution in [0.4, 0.5) is 0 Å². The largest absolute Gasteiger partial charge is 0.355 e. The number of hydrogen-bond acceptors (Lipinski definition) is 4. The lowest BCUT2D eigenvalue weighted by atomic mass is 9.97. The standard InChI is InChI=1S/C12H20N4O3S/c1-20(18,19)16-8-3-10(4-9-16)12(17)15-5-2-11-13-6-7-14-11/h6-7,10H,2-5,8-9H2,1H3,(H,13,14)(H,15,17). The maximum Gasteiger partial charge on any atom is 0.223 e. The van der Waals surface area contributed by atoms with Crippen molar-refractivity contribution in [2.75, 3.05) is 25.9 Å². The predicted molar refractivity (Wildman–Crippen MR) is 74.4 cm³/mol. The molecule has 1 aliphatic heterocycles. The lowest BCUT2D eigenvalue weighted by Gasteiger charge is -2.29. The first-order valence-electron chi connectivity index (χ1n) is 6.68. The van der Waals surface area contributed by atoms with E-state index >= 15 is 0 Å². The van der Waals surface area contributed by atoms with Gasteiger partial charge in [0.1, 0.15) is 5.82 Å². The first-order chi connectivity index (χ1) is 9.47. The molecule has 112 valence electrons. The highest BCUT2D eigenvalue weighted by molar-refractivity contribution is 7.88. The molecule has 0 radical (unpaired) electrons. The zero-order chi connectivity index (χ0) is 14.6. The molecule has 1 saturated heterocycles. The number of sulfonamides is 1. The molecule has 0 spiro atoms. The van der Waals surface area contributed by atoms with E-state index in [1.54, 1.807) is 12.4 Å². The minimum Gasteiger partial charge on any atom is -0.355 e. The van der Waals surface area contributed by atoms with E-state index in [-0.39, 0.29) is 11.8 Å². The first-order valence-corrected chi connectivity index (χ1v) is 8.53. The molecule has 0 aromatic carbocycles. The highest BCUT2D eigenvalue weighted by atomic mass is 32.2. The van der Waals surface area contributed by atoms with E-state index in [2.05, 4.69) is 15.3 Å². The van der Waals surface area contributed by atoms with Crippen LogP contribution in [0.1, 0.15) is 18.7 Å². The molecule has 8 heteroatoms. The molecule has 7 nitrogen and oxygen atoms in total. The van der Waals surface area contributed by atoms with Crippen LogP contribution >= 0.6 is 0 Å². The maximum atomic E-state index is 12.0. The van der Waals surface area contributed by atoms with Crippen molar-refractivity contribution in [3.05, 3.63) is 18.2 Å². The summed E-state index contributed by atoms with van der Waals surface area (Å²) in [5, 5.41) is 2.88. The van der Waals surface area contributed by atoms with Gasteiger partial charge in [-0.25, -0.2) is 17.7 Å². The number of piperidine rings is 1. The molecule has 2 N–H and O–H groups in total. The minimum absolute atomic E-state index is 0.00436. The number of amides is 1. The fourth-order valence-electron chi connectivity index (χ4n) is 2.33. The smallest absolute Gasteiger partial charge is 0.223 e. The van der Waals surface area contributed by atoms with Gasteiger partial charge in [0.25, 0.3) is 0 Å². The van der Waals surface area contributed by atoms with Crippen molar-refractivity contribution in [3.63, 3.8) is 0 Å². The van der Waals surface area contributed by atoms with E-state index < -0.39 is 10.0 Å². The zero-order valence-corrected chi connectivity index (χ0v) is 12.3. The van der Waals surface area contributed by atoms with Crippen LogP contribution in [-0.4, -0.2) is 54.5 Å². The average Bonchev–Trinajstić information content (AvgIpc) is 2.91. The summed E-state index contributed by atoms with van der Waals surface area (Å²) < 4.78 is 24.2. The summed E-state index contributed by atoms with van der Waals surface area (Å²) in [7, 11) is -3.13. The van der Waals surface area contributed by atoms with Crippen molar-refractivity contribution >= 4 is 15.9 Å². The van der Waals surface area contributed by atoms with Gasteiger partial charge < -0.3 is 10.3 Å². The molecule has 20 heavy (non-hydrogen) atoms. The van der Waals surface area contributed by atoms with Gasteiger partial charge in [-0.15, -0.1) is 0 Å². The number of hydrogen-bond donors (Lipinski definition) is 2. The Labute approximate surface area is 118 Å². The summed E-state index contributed by atoms with van der Waals surface area (Å²) in [5.74, 6) is 0.756. The fraction of sp³-hybridized carbons (Fsp3) is 0.667. The maximum absolute atomic E-state index is 12.0. The molecule has 1 fully saturated rings. The topological polar surface area (TPSA) is 95.2 Å². The lowest BCUT2D eigenvalue weighted by molar-refractivity contribution is -0.126. The number of nitrogens with zero attached hydrogens (tertiary/aromatic N) is 2. The van der Waals surface area contributed by atoms with Gasteiger partial charge >= 0.3 is 0 Å². The molecule has 1 aromatic rings. The summed E-state index contributed by atoms with van der Waals surface area (Å²) >= 11 is 0. The molecule has 0 aliphatic carbocycles. The monoisotopic (exact) mass is 300 g/mol. The van der Waals surface area contributed by atoms with Gasteiger partial charge in [0.15, 0.2) is 0 Å². The van der Waals surface area contributed by atoms with Crippen LogP contribution in [-0.2, 0) is 21.2 Å². The first kappa shape index (κ1) is 15.0. The molecule has 2 rings (SSSR count). The second kappa shape index (κ2) is 6.36. The molecular formula is C12H20N4O3S. The third kappa shape index (κ3) is 4.04. The molecule has 0 atom stereocenters. The molecule has 0 bridgehead atoms. The van der Waals surface area contributed by atoms with Crippen molar-refractivity contribution in [2.24, 2.45) is 5.92 Å². The highest BCUT2D eigenvalue weighted by Gasteiger charge is 2.28. The predicted octanol–water partition coefficient (Wildman–Crippen LogP) is -0.260. The van der Waals surface area contributed by atoms with E-state index in [1.165, 1.54) is 10.6 Å². The highest BCUT2D eigenvalue weighted by Crippen LogP contribution is 2.19. The van der Waals surface area contributed by atoms with Crippen LogP contribution in [0.2, 0.25) is 0 Å². The van der Waals surface area contributed by atoms with Crippen molar-refractivity contribution in [1.29, 1.82) is 0 Å². The average molecular weight is 300 g/mol. The van der Waals surface area contributed by atoms with Crippen molar-refractivity contribution in [3.8, 4) is 0 Å². The molecular weight excluding hydrogens is 280 g/mol. The lowest BCUT2D eigenvalue weighted by Crippen LogP contribution is -2.42. The van der Waals surface area contributed by atoms with Crippen molar-refractivity contribution < 1.29 is 13.2 Å². The summed E-state index contributed by atoms with van der Waals surface area (Å²) in [6.45, 7) is 1.39. The minimum atomic E-state index is -3.13. The van der Waals surface area contributed by atoms with Gasteiger partial charge in [-0.3, -0.25) is 4.79 Å². The molecule has 0 unspecified atom stereocenters. The number of carbonyl (C=O) groups excluding carboxylic acids is 1. The summed E-state index contributed by atoms with van der Waals surface area (Å²) in [6.07, 6.45) is 6.47. The van der Waals surface area contributed by atoms with Crippen LogP contribution in [0.5, 0.6) is 0 Å². The second-order valence-electron chi connectivity index (χ2n) is 5.01. The Bertz CT molecular complexity index is 533. The Morgan fingerprint density at radius 2 is 2.20 bits per heavy atom. The second-order valence-corrected chi connectivity index (χ2v) is 7.00. The van der Waals surface area contributed by atoms with Crippen LogP contribution in [0.15, 0.2) is 12.4 Å². The van der Waals surface area contributed by atoms with Crippen LogP contribution in [0, 0.1) is 5.92 Å². The number of H-pyrrole nitrogens is 1. The Balaban J connectivity index is 1.72. The van der Waals surface area contributed by atoms with Crippen LogP contribution < -0.4 is 5.32 Å². The van der Waals surface area contributed by atoms with Gasteiger partial charge in [0, 0.05) is 44.4 Å². The van der Waals surface area contributed by atoms with E-state index in [0.717, 1.165) is 5.82 Å². The van der Waals surface area contributed by atoms with Gasteiger partial charge in [-0.1, -0.05) is 0 Å². The number of imidazole rings is 1. The number of carbonyl (C=O) groups is 1. The van der Waals surface area contributed by atoms with Gasteiger partial charge in [0.05, 0.1) is 6.26 Å². The quantitative estimate of drug-likeness (QED) is 0.783. The van der Waals surface area contributed by atoms with E-state index in [4.69, 9.17) is 0 Å². The Hall–Kier alpha value is -1.41. The Kier molecular flexibility index (Phi) is 4.77. The van der Waals surface area contributed by atoms with Crippen LogP contribution in [0.25, 0.3) is 0 Å². The van der Waals surface area contributed by atoms with E-state index in [9.17, 15) is 13.2 Å². The third-order valence-electron chi connectivity index (χ3n) is 3.51. The van der Waals surface area contributed by atoms with Gasteiger partial charge in [0.2, 0.25) is 15.9 Å². The molecule has 1 amide bonds. The fourth-order valence-corrected chi connectivity index (χ4v) is 3.21. The molecule has 0 saturated carbocycles. The van der Waals surface area contributed by atoms with E-state index in [1.807, 2.05) is 0 Å². The summed E-state index contributed by atoms with van der Waals surface area (Å²) in [4.78, 5) is 19.0. The summed E-state index contributed by atoms with van der Waals surface area (Å²) in [6, 6.07) is 0. The number of rotatable bonds is 5. The molecule has 1 aliphatic rings. The SMILES string of the molecule is CS(=O)(=O)N1CCC(C(=O)NCCc2ncc[nH]2)CC1.